The quantitative estimate of drug-likeness (QED) is 0.160. The average Bonchev–Trinajstić information content (AvgIpc) is 3.75. The highest BCUT2D eigenvalue weighted by Crippen LogP contribution is 2.30. The van der Waals surface area contributed by atoms with E-state index in [2.05, 4.69) is 67.8 Å². The first-order valence-electron chi connectivity index (χ1n) is 15.9. The van der Waals surface area contributed by atoms with Crippen molar-refractivity contribution >= 4 is 16.9 Å². The van der Waals surface area contributed by atoms with E-state index in [9.17, 15) is 4.79 Å². The fraction of sp³-hybridized carbons (Fsp3) is 0.270. The molecule has 0 aliphatic carbocycles. The number of carbonyl (C=O) groups is 1. The predicted molar refractivity (Wildman–Crippen MR) is 183 cm³/mol. The molecule has 236 valence electrons. The van der Waals surface area contributed by atoms with Crippen molar-refractivity contribution in [1.29, 1.82) is 0 Å². The van der Waals surface area contributed by atoms with E-state index in [4.69, 9.17) is 9.72 Å². The molecule has 6 aromatic rings. The van der Waals surface area contributed by atoms with Gasteiger partial charge in [-0.3, -0.25) is 4.79 Å². The number of nitrogens with zero attached hydrogens (tertiary/aromatic N) is 5. The lowest BCUT2D eigenvalue weighted by atomic mass is 9.98. The van der Waals surface area contributed by atoms with Crippen LogP contribution in [0.1, 0.15) is 60.1 Å². The number of ether oxygens (including phenoxy) is 1. The third kappa shape index (κ3) is 7.15. The molecular formula is C37H41N7O2. The molecule has 0 spiro atoms. The number of amides is 1. The van der Waals surface area contributed by atoms with Gasteiger partial charge in [0.15, 0.2) is 0 Å². The summed E-state index contributed by atoms with van der Waals surface area (Å²) in [6.45, 7) is 9.37. The van der Waals surface area contributed by atoms with Gasteiger partial charge in [0.25, 0.3) is 5.91 Å². The van der Waals surface area contributed by atoms with Gasteiger partial charge in [0, 0.05) is 30.6 Å². The number of nitrogens with one attached hydrogen (secondary N) is 2. The summed E-state index contributed by atoms with van der Waals surface area (Å²) in [5, 5.41) is 17.7. The van der Waals surface area contributed by atoms with Crippen molar-refractivity contribution in [3.05, 3.63) is 113 Å². The molecule has 2 N–H and O–H groups in total. The van der Waals surface area contributed by atoms with Crippen LogP contribution in [0.4, 0.5) is 0 Å². The number of imidazole rings is 1. The maximum Gasteiger partial charge on any atom is 0.251 e. The Kier molecular flexibility index (Phi) is 10.5. The van der Waals surface area contributed by atoms with E-state index in [1.54, 1.807) is 7.11 Å². The molecule has 0 atom stereocenters. The second-order valence-electron chi connectivity index (χ2n) is 10.9. The van der Waals surface area contributed by atoms with Crippen molar-refractivity contribution in [3.8, 4) is 28.3 Å². The molecule has 9 nitrogen and oxygen atoms in total. The van der Waals surface area contributed by atoms with Crippen LogP contribution in [0.5, 0.6) is 5.75 Å². The number of hydrogen-bond donors (Lipinski definition) is 2. The van der Waals surface area contributed by atoms with E-state index in [0.29, 0.717) is 24.5 Å². The zero-order valence-corrected chi connectivity index (χ0v) is 27.2. The van der Waals surface area contributed by atoms with E-state index < -0.39 is 0 Å². The lowest BCUT2D eigenvalue weighted by Gasteiger charge is -2.12. The van der Waals surface area contributed by atoms with Gasteiger partial charge in [-0.15, -0.1) is 10.2 Å². The number of benzene rings is 4. The van der Waals surface area contributed by atoms with Crippen LogP contribution in [0.15, 0.2) is 84.9 Å². The summed E-state index contributed by atoms with van der Waals surface area (Å²) in [7, 11) is 1.66. The minimum atomic E-state index is -0.0905. The van der Waals surface area contributed by atoms with Gasteiger partial charge in [-0.25, -0.2) is 4.98 Å². The first-order chi connectivity index (χ1) is 22.5. The van der Waals surface area contributed by atoms with Crippen LogP contribution in [0.3, 0.4) is 0 Å². The molecule has 0 unspecified atom stereocenters. The summed E-state index contributed by atoms with van der Waals surface area (Å²) in [6.07, 6.45) is 2.55. The third-order valence-corrected chi connectivity index (χ3v) is 7.81. The fourth-order valence-corrected chi connectivity index (χ4v) is 5.59. The SMILES string of the molecule is CC.CCCc1nc2c(C)cc(C(=O)NCCc3cccc(OC)c3)cc2n1Cc1ccc(-c2ccccc2-c2nn[nH]n2)cc1. The molecule has 0 bridgehead atoms. The van der Waals surface area contributed by atoms with Crippen LogP contribution in [0, 0.1) is 6.92 Å². The maximum atomic E-state index is 13.3. The molecule has 0 aliphatic heterocycles. The van der Waals surface area contributed by atoms with Gasteiger partial charge in [0.2, 0.25) is 5.82 Å². The van der Waals surface area contributed by atoms with Crippen LogP contribution in [0.2, 0.25) is 0 Å². The highest BCUT2D eigenvalue weighted by molar-refractivity contribution is 5.98. The van der Waals surface area contributed by atoms with E-state index in [1.165, 1.54) is 0 Å². The second kappa shape index (κ2) is 15.1. The molecule has 0 fully saturated rings. The highest BCUT2D eigenvalue weighted by Gasteiger charge is 2.17. The van der Waals surface area contributed by atoms with Crippen molar-refractivity contribution in [2.24, 2.45) is 0 Å². The predicted octanol–water partition coefficient (Wildman–Crippen LogP) is 7.20. The Balaban J connectivity index is 0.00000204. The van der Waals surface area contributed by atoms with Gasteiger partial charge in [-0.1, -0.05) is 81.4 Å². The molecule has 46 heavy (non-hydrogen) atoms. The van der Waals surface area contributed by atoms with E-state index >= 15 is 0 Å². The number of tetrazole rings is 1. The zero-order valence-electron chi connectivity index (χ0n) is 27.2. The minimum Gasteiger partial charge on any atom is -0.497 e. The monoisotopic (exact) mass is 615 g/mol. The number of carbonyl (C=O) groups excluding carboxylic acids is 1. The normalized spacial score (nSPS) is 10.8. The van der Waals surface area contributed by atoms with E-state index in [-0.39, 0.29) is 5.91 Å². The Morgan fingerprint density at radius 2 is 1.70 bits per heavy atom. The summed E-state index contributed by atoms with van der Waals surface area (Å²) in [4.78, 5) is 18.3. The number of methoxy groups -OCH3 is 1. The molecule has 9 heteroatoms. The Labute approximate surface area is 270 Å². The van der Waals surface area contributed by atoms with Gasteiger partial charge < -0.3 is 14.6 Å². The highest BCUT2D eigenvalue weighted by atomic mass is 16.5. The van der Waals surface area contributed by atoms with Gasteiger partial charge in [-0.2, -0.15) is 5.21 Å². The average molecular weight is 616 g/mol. The molecule has 1 amide bonds. The standard InChI is InChI=1S/C35H35N7O2.C2H6/c1-4-8-32-37-33-23(2)19-27(35(43)36-18-17-24-9-7-10-28(20-24)44-3)21-31(33)42(32)22-25-13-15-26(16-14-25)29-11-5-6-12-30(29)34-38-40-41-39-34;1-2/h5-7,9-16,19-21H,4,8,17-18,22H2,1-3H3,(H,36,43)(H,38,39,40,41);1-2H3. The largest absolute Gasteiger partial charge is 0.497 e. The number of hydrogen-bond acceptors (Lipinski definition) is 6. The number of rotatable bonds is 11. The lowest BCUT2D eigenvalue weighted by molar-refractivity contribution is 0.0954. The van der Waals surface area contributed by atoms with Gasteiger partial charge in [0.1, 0.15) is 11.6 Å². The van der Waals surface area contributed by atoms with E-state index in [1.807, 2.05) is 75.4 Å². The second-order valence-corrected chi connectivity index (χ2v) is 10.9. The molecule has 0 saturated heterocycles. The van der Waals surface area contributed by atoms with Crippen LogP contribution in [0.25, 0.3) is 33.5 Å². The third-order valence-electron chi connectivity index (χ3n) is 7.81. The van der Waals surface area contributed by atoms with Gasteiger partial charge in [-0.05, 0) is 77.1 Å². The molecule has 4 aromatic carbocycles. The molecule has 0 saturated carbocycles. The molecule has 0 radical (unpaired) electrons. The van der Waals surface area contributed by atoms with Crippen molar-refractivity contribution in [1.82, 2.24) is 35.5 Å². The zero-order chi connectivity index (χ0) is 32.5. The number of aryl methyl sites for hydroxylation is 2. The van der Waals surface area contributed by atoms with Crippen LogP contribution in [-0.2, 0) is 19.4 Å². The van der Waals surface area contributed by atoms with Crippen molar-refractivity contribution in [2.45, 2.75) is 53.5 Å². The molecule has 6 rings (SSSR count). The number of fused-ring (bicyclic) bond motifs is 1. The first kappa shape index (κ1) is 32.1. The van der Waals surface area contributed by atoms with Gasteiger partial charge in [0.05, 0.1) is 18.1 Å². The summed E-state index contributed by atoms with van der Waals surface area (Å²) in [5.74, 6) is 2.31. The van der Waals surface area contributed by atoms with Crippen LogP contribution < -0.4 is 10.1 Å². The smallest absolute Gasteiger partial charge is 0.251 e. The molecule has 2 heterocycles. The lowest BCUT2D eigenvalue weighted by Crippen LogP contribution is -2.25. The fourth-order valence-electron chi connectivity index (χ4n) is 5.59. The number of H-pyrrole nitrogens is 1. The number of aromatic amines is 1. The number of aromatic nitrogens is 6. The topological polar surface area (TPSA) is 111 Å². The maximum absolute atomic E-state index is 13.3. The molecule has 0 aliphatic rings. The summed E-state index contributed by atoms with van der Waals surface area (Å²) < 4.78 is 7.57. The van der Waals surface area contributed by atoms with E-state index in [0.717, 1.165) is 75.3 Å². The summed E-state index contributed by atoms with van der Waals surface area (Å²) in [5.41, 5.74) is 8.83. The summed E-state index contributed by atoms with van der Waals surface area (Å²) in [6, 6.07) is 28.4. The van der Waals surface area contributed by atoms with Gasteiger partial charge >= 0.3 is 0 Å². The Morgan fingerprint density at radius 3 is 2.41 bits per heavy atom. The molecule has 2 aromatic heterocycles. The molecular weight excluding hydrogens is 574 g/mol. The first-order valence-corrected chi connectivity index (χ1v) is 15.9. The Hall–Kier alpha value is -5.31. The van der Waals surface area contributed by atoms with Crippen LogP contribution in [-0.4, -0.2) is 49.7 Å². The van der Waals surface area contributed by atoms with Crippen molar-refractivity contribution in [3.63, 3.8) is 0 Å². The Morgan fingerprint density at radius 1 is 0.913 bits per heavy atom. The van der Waals surface area contributed by atoms with Crippen LogP contribution >= 0.6 is 0 Å². The van der Waals surface area contributed by atoms with Crippen molar-refractivity contribution < 1.29 is 9.53 Å². The Bertz CT molecular complexity index is 1890. The van der Waals surface area contributed by atoms with Crippen molar-refractivity contribution in [2.75, 3.05) is 13.7 Å². The minimum absolute atomic E-state index is 0.0905. The summed E-state index contributed by atoms with van der Waals surface area (Å²) >= 11 is 0.